The summed E-state index contributed by atoms with van der Waals surface area (Å²) in [5.74, 6) is 0.829. The van der Waals surface area contributed by atoms with Gasteiger partial charge >= 0.3 is 6.03 Å². The third kappa shape index (κ3) is 6.73. The van der Waals surface area contributed by atoms with Crippen LogP contribution in [0.1, 0.15) is 24.0 Å². The van der Waals surface area contributed by atoms with Gasteiger partial charge in [-0.25, -0.2) is 4.79 Å². The Bertz CT molecular complexity index is 759. The summed E-state index contributed by atoms with van der Waals surface area (Å²) >= 11 is 5.94. The van der Waals surface area contributed by atoms with Crippen LogP contribution in [0.4, 0.5) is 4.79 Å². The Morgan fingerprint density at radius 3 is 2.64 bits per heavy atom. The van der Waals surface area contributed by atoms with Crippen molar-refractivity contribution in [2.75, 3.05) is 26.2 Å². The first kappa shape index (κ1) is 20.5. The van der Waals surface area contributed by atoms with E-state index in [2.05, 4.69) is 27.7 Å². The van der Waals surface area contributed by atoms with E-state index in [0.717, 1.165) is 48.8 Å². The maximum atomic E-state index is 12.1. The Balaban J connectivity index is 1.29. The topological polar surface area (TPSA) is 53.6 Å². The number of amides is 2. The predicted molar refractivity (Wildman–Crippen MR) is 113 cm³/mol. The summed E-state index contributed by atoms with van der Waals surface area (Å²) in [6.45, 7) is 5.84. The quantitative estimate of drug-likeness (QED) is 0.690. The van der Waals surface area contributed by atoms with Crippen LogP contribution in [0, 0.1) is 6.92 Å². The van der Waals surface area contributed by atoms with Crippen LogP contribution in [0.2, 0.25) is 5.02 Å². The molecule has 150 valence electrons. The van der Waals surface area contributed by atoms with E-state index in [1.807, 2.05) is 43.3 Å². The predicted octanol–water partition coefficient (Wildman–Crippen LogP) is 3.99. The number of hydrogen-bond donors (Lipinski definition) is 2. The Kier molecular flexibility index (Phi) is 7.57. The lowest BCUT2D eigenvalue weighted by Gasteiger charge is -2.32. The average Bonchev–Trinajstić information content (AvgIpc) is 2.69. The first-order chi connectivity index (χ1) is 13.6. The number of carbonyl (C=O) groups is 1. The van der Waals surface area contributed by atoms with Gasteiger partial charge in [0.2, 0.25) is 0 Å². The summed E-state index contributed by atoms with van der Waals surface area (Å²) in [7, 11) is 0. The highest BCUT2D eigenvalue weighted by Gasteiger charge is 2.20. The van der Waals surface area contributed by atoms with Crippen LogP contribution in [0.5, 0.6) is 5.75 Å². The molecule has 0 aliphatic carbocycles. The number of halogens is 1. The van der Waals surface area contributed by atoms with E-state index in [-0.39, 0.29) is 12.1 Å². The SMILES string of the molecule is Cc1cccc(OCCNC(=O)NC2CCN(Cc3ccc(Cl)cc3)CC2)c1. The van der Waals surface area contributed by atoms with E-state index in [9.17, 15) is 4.79 Å². The summed E-state index contributed by atoms with van der Waals surface area (Å²) < 4.78 is 5.65. The van der Waals surface area contributed by atoms with Crippen LogP contribution in [0.3, 0.4) is 0 Å². The molecule has 0 bridgehead atoms. The lowest BCUT2D eigenvalue weighted by Crippen LogP contribution is -2.48. The standard InChI is InChI=1S/C22H28ClN3O2/c1-17-3-2-4-21(15-17)28-14-11-24-22(27)25-20-9-12-26(13-10-20)16-18-5-7-19(23)8-6-18/h2-8,15,20H,9-14,16H2,1H3,(H2,24,25,27). The number of urea groups is 1. The van der Waals surface area contributed by atoms with Crippen molar-refractivity contribution < 1.29 is 9.53 Å². The van der Waals surface area contributed by atoms with Gasteiger partial charge in [0.1, 0.15) is 12.4 Å². The fourth-order valence-electron chi connectivity index (χ4n) is 3.36. The van der Waals surface area contributed by atoms with Gasteiger partial charge in [0, 0.05) is 30.7 Å². The van der Waals surface area contributed by atoms with Crippen LogP contribution >= 0.6 is 11.6 Å². The highest BCUT2D eigenvalue weighted by atomic mass is 35.5. The van der Waals surface area contributed by atoms with Gasteiger partial charge in [-0.05, 0) is 55.2 Å². The molecule has 2 N–H and O–H groups in total. The van der Waals surface area contributed by atoms with Crippen molar-refractivity contribution in [3.63, 3.8) is 0 Å². The minimum absolute atomic E-state index is 0.121. The van der Waals surface area contributed by atoms with Gasteiger partial charge in [-0.2, -0.15) is 0 Å². The number of aryl methyl sites for hydroxylation is 1. The molecule has 1 heterocycles. The van der Waals surface area contributed by atoms with Crippen LogP contribution in [-0.2, 0) is 6.54 Å². The number of piperidine rings is 1. The zero-order valence-corrected chi connectivity index (χ0v) is 17.0. The molecule has 0 saturated carbocycles. The molecule has 2 aromatic carbocycles. The van der Waals surface area contributed by atoms with Crippen LogP contribution in [0.25, 0.3) is 0 Å². The van der Waals surface area contributed by atoms with Crippen molar-refractivity contribution in [3.05, 3.63) is 64.7 Å². The van der Waals surface area contributed by atoms with Crippen molar-refractivity contribution in [1.29, 1.82) is 0 Å². The van der Waals surface area contributed by atoms with Gasteiger partial charge in [-0.15, -0.1) is 0 Å². The van der Waals surface area contributed by atoms with E-state index < -0.39 is 0 Å². The third-order valence-corrected chi connectivity index (χ3v) is 5.14. The van der Waals surface area contributed by atoms with Crippen molar-refractivity contribution in [2.24, 2.45) is 0 Å². The second kappa shape index (κ2) is 10.3. The lowest BCUT2D eigenvalue weighted by molar-refractivity contribution is 0.186. The number of carbonyl (C=O) groups excluding carboxylic acids is 1. The van der Waals surface area contributed by atoms with Gasteiger partial charge in [-0.1, -0.05) is 35.9 Å². The van der Waals surface area contributed by atoms with Crippen LogP contribution in [-0.4, -0.2) is 43.2 Å². The molecular formula is C22H28ClN3O2. The van der Waals surface area contributed by atoms with E-state index >= 15 is 0 Å². The zero-order chi connectivity index (χ0) is 19.8. The van der Waals surface area contributed by atoms with E-state index in [1.165, 1.54) is 5.56 Å². The molecule has 1 aliphatic heterocycles. The Morgan fingerprint density at radius 1 is 1.18 bits per heavy atom. The highest BCUT2D eigenvalue weighted by Crippen LogP contribution is 2.16. The normalized spacial score (nSPS) is 15.2. The molecule has 0 aromatic heterocycles. The second-order valence-corrected chi connectivity index (χ2v) is 7.68. The van der Waals surface area contributed by atoms with Crippen molar-refractivity contribution in [1.82, 2.24) is 15.5 Å². The van der Waals surface area contributed by atoms with E-state index in [1.54, 1.807) is 0 Å². The molecule has 1 aliphatic rings. The fraction of sp³-hybridized carbons (Fsp3) is 0.409. The Morgan fingerprint density at radius 2 is 1.93 bits per heavy atom. The lowest BCUT2D eigenvalue weighted by atomic mass is 10.0. The highest BCUT2D eigenvalue weighted by molar-refractivity contribution is 6.30. The largest absolute Gasteiger partial charge is 0.492 e. The first-order valence-corrected chi connectivity index (χ1v) is 10.2. The summed E-state index contributed by atoms with van der Waals surface area (Å²) in [5, 5.41) is 6.70. The Labute approximate surface area is 172 Å². The Hall–Kier alpha value is -2.24. The number of likely N-dealkylation sites (tertiary alicyclic amines) is 1. The molecular weight excluding hydrogens is 374 g/mol. The summed E-state index contributed by atoms with van der Waals surface area (Å²) in [6, 6.07) is 16.0. The van der Waals surface area contributed by atoms with Crippen LogP contribution < -0.4 is 15.4 Å². The van der Waals surface area contributed by atoms with Gasteiger partial charge in [0.15, 0.2) is 0 Å². The minimum atomic E-state index is -0.121. The van der Waals surface area contributed by atoms with Crippen molar-refractivity contribution in [3.8, 4) is 5.75 Å². The van der Waals surface area contributed by atoms with Gasteiger partial charge in [0.25, 0.3) is 0 Å². The number of benzene rings is 2. The number of nitrogens with zero attached hydrogens (tertiary/aromatic N) is 1. The maximum Gasteiger partial charge on any atom is 0.315 e. The summed E-state index contributed by atoms with van der Waals surface area (Å²) in [4.78, 5) is 14.5. The average molecular weight is 402 g/mol. The first-order valence-electron chi connectivity index (χ1n) is 9.79. The number of ether oxygens (including phenoxy) is 1. The molecule has 2 aromatic rings. The molecule has 28 heavy (non-hydrogen) atoms. The van der Waals surface area contributed by atoms with Gasteiger partial charge in [0.05, 0.1) is 6.54 Å². The zero-order valence-electron chi connectivity index (χ0n) is 16.3. The number of nitrogens with one attached hydrogen (secondary N) is 2. The molecule has 0 radical (unpaired) electrons. The smallest absolute Gasteiger partial charge is 0.315 e. The molecule has 0 unspecified atom stereocenters. The summed E-state index contributed by atoms with van der Waals surface area (Å²) in [5.41, 5.74) is 2.42. The molecule has 6 heteroatoms. The van der Waals surface area contributed by atoms with E-state index in [4.69, 9.17) is 16.3 Å². The monoisotopic (exact) mass is 401 g/mol. The van der Waals surface area contributed by atoms with Crippen LogP contribution in [0.15, 0.2) is 48.5 Å². The molecule has 0 atom stereocenters. The second-order valence-electron chi connectivity index (χ2n) is 7.24. The molecule has 5 nitrogen and oxygen atoms in total. The molecule has 0 spiro atoms. The summed E-state index contributed by atoms with van der Waals surface area (Å²) in [6.07, 6.45) is 1.92. The fourth-order valence-corrected chi connectivity index (χ4v) is 3.48. The third-order valence-electron chi connectivity index (χ3n) is 4.89. The van der Waals surface area contributed by atoms with E-state index in [0.29, 0.717) is 13.2 Å². The molecule has 1 saturated heterocycles. The van der Waals surface area contributed by atoms with Crippen molar-refractivity contribution >= 4 is 17.6 Å². The van der Waals surface area contributed by atoms with Gasteiger partial charge < -0.3 is 15.4 Å². The molecule has 1 fully saturated rings. The number of hydrogen-bond acceptors (Lipinski definition) is 3. The number of rotatable bonds is 7. The molecule has 2 amide bonds. The minimum Gasteiger partial charge on any atom is -0.492 e. The van der Waals surface area contributed by atoms with Gasteiger partial charge in [-0.3, -0.25) is 4.90 Å². The molecule has 3 rings (SSSR count). The van der Waals surface area contributed by atoms with Crippen molar-refractivity contribution in [2.45, 2.75) is 32.4 Å². The maximum absolute atomic E-state index is 12.1.